The van der Waals surface area contributed by atoms with Crippen LogP contribution in [0.2, 0.25) is 0 Å². The van der Waals surface area contributed by atoms with Crippen LogP contribution in [0.25, 0.3) is 22.3 Å². The van der Waals surface area contributed by atoms with E-state index in [1.807, 2.05) is 27.8 Å². The maximum atomic E-state index is 12.8. The van der Waals surface area contributed by atoms with E-state index in [1.165, 1.54) is 31.2 Å². The summed E-state index contributed by atoms with van der Waals surface area (Å²) >= 11 is 0. The lowest BCUT2D eigenvalue weighted by Crippen LogP contribution is -2.37. The standard InChI is InChI=1S/C25H31N7O/c1-17-8-10-18(11-9-17)23-22-24(26)27-16-28-25(22)32(29-23)20-12-14-31(15-20)21(33)7-4-13-30(2)19-5-3-6-19/h4,7-11,16,19-20H,3,5-6,12-15H2,1-2H3,(H2,26,27,28). The minimum atomic E-state index is 0.0519. The molecule has 1 amide bonds. The van der Waals surface area contributed by atoms with Gasteiger partial charge in [-0.3, -0.25) is 9.69 Å². The van der Waals surface area contributed by atoms with Gasteiger partial charge in [-0.05, 0) is 33.2 Å². The van der Waals surface area contributed by atoms with E-state index in [0.29, 0.717) is 24.9 Å². The highest BCUT2D eigenvalue weighted by molar-refractivity contribution is 5.98. The van der Waals surface area contributed by atoms with Crippen molar-refractivity contribution in [2.24, 2.45) is 0 Å². The second-order valence-corrected chi connectivity index (χ2v) is 9.27. The van der Waals surface area contributed by atoms with Crippen LogP contribution in [0.15, 0.2) is 42.7 Å². The smallest absolute Gasteiger partial charge is 0.246 e. The lowest BCUT2D eigenvalue weighted by molar-refractivity contribution is -0.125. The van der Waals surface area contributed by atoms with Crippen LogP contribution < -0.4 is 5.73 Å². The molecule has 0 spiro atoms. The quantitative estimate of drug-likeness (QED) is 0.586. The minimum absolute atomic E-state index is 0.0519. The fourth-order valence-electron chi connectivity index (χ4n) is 4.71. The molecule has 1 atom stereocenters. The molecule has 2 aliphatic rings. The number of anilines is 1. The lowest BCUT2D eigenvalue weighted by atomic mass is 9.92. The molecule has 1 aromatic carbocycles. The molecule has 5 rings (SSSR count). The number of hydrogen-bond acceptors (Lipinski definition) is 6. The number of aryl methyl sites for hydroxylation is 1. The predicted molar refractivity (Wildman–Crippen MR) is 130 cm³/mol. The summed E-state index contributed by atoms with van der Waals surface area (Å²) in [6, 6.07) is 8.94. The Hall–Kier alpha value is -3.26. The van der Waals surface area contributed by atoms with E-state index in [2.05, 4.69) is 41.0 Å². The van der Waals surface area contributed by atoms with E-state index in [4.69, 9.17) is 10.8 Å². The van der Waals surface area contributed by atoms with Gasteiger partial charge >= 0.3 is 0 Å². The molecule has 0 radical (unpaired) electrons. The Morgan fingerprint density at radius 2 is 2.00 bits per heavy atom. The molecule has 8 heteroatoms. The SMILES string of the molecule is Cc1ccc(-c2nn(C3CCN(C(=O)C=CCN(C)C4CCC4)C3)c3ncnc(N)c23)cc1. The Labute approximate surface area is 194 Å². The molecule has 1 unspecified atom stereocenters. The molecule has 1 aliphatic carbocycles. The number of nitrogens with two attached hydrogens (primary N) is 1. The number of aromatic nitrogens is 4. The predicted octanol–water partition coefficient (Wildman–Crippen LogP) is 3.20. The van der Waals surface area contributed by atoms with Crippen molar-refractivity contribution in [1.82, 2.24) is 29.5 Å². The van der Waals surface area contributed by atoms with E-state index in [0.717, 1.165) is 35.3 Å². The van der Waals surface area contributed by atoms with Crippen molar-refractivity contribution in [3.63, 3.8) is 0 Å². The van der Waals surface area contributed by atoms with Crippen LogP contribution in [-0.4, -0.2) is 68.2 Å². The van der Waals surface area contributed by atoms with Crippen molar-refractivity contribution in [3.05, 3.63) is 48.3 Å². The molecule has 1 saturated carbocycles. The van der Waals surface area contributed by atoms with Gasteiger partial charge in [-0.25, -0.2) is 14.6 Å². The lowest BCUT2D eigenvalue weighted by Gasteiger charge is -2.33. The normalized spacial score (nSPS) is 19.1. The molecule has 0 bridgehead atoms. The summed E-state index contributed by atoms with van der Waals surface area (Å²) in [6.45, 7) is 4.18. The maximum Gasteiger partial charge on any atom is 0.246 e. The molecule has 2 fully saturated rings. The van der Waals surface area contributed by atoms with E-state index < -0.39 is 0 Å². The zero-order chi connectivity index (χ0) is 22.9. The number of likely N-dealkylation sites (N-methyl/N-ethyl adjacent to an activating group) is 1. The molecular weight excluding hydrogens is 414 g/mol. The zero-order valence-electron chi connectivity index (χ0n) is 19.3. The van der Waals surface area contributed by atoms with Gasteiger partial charge in [0.05, 0.1) is 11.4 Å². The minimum Gasteiger partial charge on any atom is -0.383 e. The highest BCUT2D eigenvalue weighted by atomic mass is 16.2. The first-order valence-electron chi connectivity index (χ1n) is 11.7. The van der Waals surface area contributed by atoms with Gasteiger partial charge in [0, 0.05) is 37.3 Å². The third kappa shape index (κ3) is 4.23. The van der Waals surface area contributed by atoms with Crippen molar-refractivity contribution in [2.75, 3.05) is 32.4 Å². The zero-order valence-corrected chi connectivity index (χ0v) is 19.3. The maximum absolute atomic E-state index is 12.8. The molecule has 33 heavy (non-hydrogen) atoms. The molecule has 2 N–H and O–H groups in total. The summed E-state index contributed by atoms with van der Waals surface area (Å²) < 4.78 is 1.93. The third-order valence-electron chi connectivity index (χ3n) is 7.02. The Morgan fingerprint density at radius 1 is 1.21 bits per heavy atom. The first-order chi connectivity index (χ1) is 16.0. The summed E-state index contributed by atoms with van der Waals surface area (Å²) in [4.78, 5) is 25.7. The third-order valence-corrected chi connectivity index (χ3v) is 7.02. The summed E-state index contributed by atoms with van der Waals surface area (Å²) in [5.41, 5.74) is 9.91. The molecule has 8 nitrogen and oxygen atoms in total. The van der Waals surface area contributed by atoms with E-state index in [1.54, 1.807) is 6.08 Å². The van der Waals surface area contributed by atoms with Crippen molar-refractivity contribution >= 4 is 22.8 Å². The van der Waals surface area contributed by atoms with Gasteiger partial charge in [-0.2, -0.15) is 5.10 Å². The van der Waals surface area contributed by atoms with Gasteiger partial charge in [0.15, 0.2) is 5.65 Å². The number of nitrogen functional groups attached to an aromatic ring is 1. The van der Waals surface area contributed by atoms with Gasteiger partial charge in [-0.15, -0.1) is 0 Å². The Bertz CT molecular complexity index is 1180. The van der Waals surface area contributed by atoms with Gasteiger partial charge in [0.25, 0.3) is 0 Å². The van der Waals surface area contributed by atoms with Crippen molar-refractivity contribution in [3.8, 4) is 11.3 Å². The average molecular weight is 446 g/mol. The van der Waals surface area contributed by atoms with Crippen LogP contribution in [0, 0.1) is 6.92 Å². The van der Waals surface area contributed by atoms with Gasteiger partial charge in [-0.1, -0.05) is 42.3 Å². The van der Waals surface area contributed by atoms with Crippen LogP contribution in [-0.2, 0) is 4.79 Å². The van der Waals surface area contributed by atoms with E-state index >= 15 is 0 Å². The number of fused-ring (bicyclic) bond motifs is 1. The number of carbonyl (C=O) groups is 1. The highest BCUT2D eigenvalue weighted by Crippen LogP contribution is 2.34. The van der Waals surface area contributed by atoms with Gasteiger partial charge in [0.2, 0.25) is 5.91 Å². The summed E-state index contributed by atoms with van der Waals surface area (Å²) in [7, 11) is 2.13. The molecule has 3 aromatic rings. The Kier molecular flexibility index (Phi) is 5.85. The monoisotopic (exact) mass is 445 g/mol. The topological polar surface area (TPSA) is 93.2 Å². The van der Waals surface area contributed by atoms with E-state index in [-0.39, 0.29) is 11.9 Å². The van der Waals surface area contributed by atoms with Crippen LogP contribution in [0.4, 0.5) is 5.82 Å². The first kappa shape index (κ1) is 21.6. The van der Waals surface area contributed by atoms with Gasteiger partial charge in [0.1, 0.15) is 17.8 Å². The first-order valence-corrected chi connectivity index (χ1v) is 11.7. The second-order valence-electron chi connectivity index (χ2n) is 9.27. The van der Waals surface area contributed by atoms with Gasteiger partial charge < -0.3 is 10.6 Å². The number of carbonyl (C=O) groups excluding carboxylic acids is 1. The molecule has 1 saturated heterocycles. The average Bonchev–Trinajstić information content (AvgIpc) is 3.39. The summed E-state index contributed by atoms with van der Waals surface area (Å²) in [5, 5.41) is 5.69. The largest absolute Gasteiger partial charge is 0.383 e. The van der Waals surface area contributed by atoms with Crippen molar-refractivity contribution < 1.29 is 4.79 Å². The van der Waals surface area contributed by atoms with E-state index in [9.17, 15) is 4.79 Å². The van der Waals surface area contributed by atoms with Crippen LogP contribution in [0.1, 0.15) is 37.3 Å². The molecule has 1 aliphatic heterocycles. The number of rotatable bonds is 6. The number of hydrogen-bond donors (Lipinski definition) is 1. The number of likely N-dealkylation sites (tertiary alicyclic amines) is 1. The van der Waals surface area contributed by atoms with Crippen LogP contribution in [0.3, 0.4) is 0 Å². The molecular formula is C25H31N7O. The molecule has 172 valence electrons. The fraction of sp³-hybridized carbons (Fsp3) is 0.440. The molecule has 3 heterocycles. The number of amides is 1. The number of benzene rings is 1. The molecule has 2 aromatic heterocycles. The van der Waals surface area contributed by atoms with Crippen molar-refractivity contribution in [2.45, 2.75) is 44.7 Å². The fourth-order valence-corrected chi connectivity index (χ4v) is 4.71. The Balaban J connectivity index is 1.34. The van der Waals surface area contributed by atoms with Crippen molar-refractivity contribution in [1.29, 1.82) is 0 Å². The summed E-state index contributed by atoms with van der Waals surface area (Å²) in [5.74, 6) is 0.482. The highest BCUT2D eigenvalue weighted by Gasteiger charge is 2.30. The van der Waals surface area contributed by atoms with Crippen LogP contribution >= 0.6 is 0 Å². The summed E-state index contributed by atoms with van der Waals surface area (Å²) in [6.07, 6.45) is 9.86. The number of nitrogens with zero attached hydrogens (tertiary/aromatic N) is 6. The Morgan fingerprint density at radius 3 is 2.73 bits per heavy atom. The second kappa shape index (κ2) is 8.94. The van der Waals surface area contributed by atoms with Crippen LogP contribution in [0.5, 0.6) is 0 Å².